The van der Waals surface area contributed by atoms with Crippen molar-refractivity contribution < 1.29 is 24.2 Å². The molecule has 2 aromatic rings. The van der Waals surface area contributed by atoms with Crippen LogP contribution in [0.5, 0.6) is 0 Å². The van der Waals surface area contributed by atoms with Gasteiger partial charge in [-0.25, -0.2) is 4.79 Å². The van der Waals surface area contributed by atoms with Gasteiger partial charge in [-0.1, -0.05) is 74.7 Å². The normalized spacial score (nSPS) is 19.8. The Balaban J connectivity index is 1.37. The van der Waals surface area contributed by atoms with Crippen LogP contribution in [0.2, 0.25) is 0 Å². The smallest absolute Gasteiger partial charge is 0.407 e. The van der Waals surface area contributed by atoms with Crippen LogP contribution in [0.3, 0.4) is 0 Å². The fraction of sp³-hybridized carbons (Fsp3) is 0.464. The first-order valence-electron chi connectivity index (χ1n) is 12.6. The number of ether oxygens (including phenoxy) is 1. The molecule has 0 aromatic heterocycles. The Hall–Kier alpha value is -3.35. The highest BCUT2D eigenvalue weighted by atomic mass is 16.5. The molecule has 0 bridgehead atoms. The van der Waals surface area contributed by atoms with Gasteiger partial charge in [-0.3, -0.25) is 9.59 Å². The Kier molecular flexibility index (Phi) is 8.06. The van der Waals surface area contributed by atoms with Crippen molar-refractivity contribution in [1.82, 2.24) is 10.6 Å². The highest BCUT2D eigenvalue weighted by Gasteiger charge is 2.32. The van der Waals surface area contributed by atoms with Gasteiger partial charge in [-0.05, 0) is 47.4 Å². The first kappa shape index (κ1) is 24.8. The van der Waals surface area contributed by atoms with Gasteiger partial charge in [0.2, 0.25) is 5.91 Å². The molecule has 2 aromatic carbocycles. The predicted molar refractivity (Wildman–Crippen MR) is 133 cm³/mol. The summed E-state index contributed by atoms with van der Waals surface area (Å²) in [5.74, 6) is -1.26. The van der Waals surface area contributed by atoms with Crippen LogP contribution in [-0.4, -0.2) is 41.8 Å². The Morgan fingerprint density at radius 3 is 2.26 bits per heavy atom. The van der Waals surface area contributed by atoms with Crippen molar-refractivity contribution in [2.45, 2.75) is 69.9 Å². The molecule has 1 fully saturated rings. The van der Waals surface area contributed by atoms with Crippen LogP contribution in [0, 0.1) is 5.92 Å². The molecule has 0 heterocycles. The van der Waals surface area contributed by atoms with Crippen LogP contribution in [0.1, 0.15) is 68.9 Å². The third-order valence-electron chi connectivity index (χ3n) is 7.20. The van der Waals surface area contributed by atoms with E-state index in [1.165, 1.54) is 0 Å². The highest BCUT2D eigenvalue weighted by molar-refractivity contribution is 5.86. The molecule has 2 amide bonds. The third-order valence-corrected chi connectivity index (χ3v) is 7.20. The summed E-state index contributed by atoms with van der Waals surface area (Å²) < 4.78 is 5.62. The molecule has 0 unspecified atom stereocenters. The molecule has 0 radical (unpaired) electrons. The average molecular weight is 479 g/mol. The summed E-state index contributed by atoms with van der Waals surface area (Å²) in [7, 11) is 0. The number of carboxylic acids is 1. The van der Waals surface area contributed by atoms with Crippen molar-refractivity contribution in [1.29, 1.82) is 0 Å². The lowest BCUT2D eigenvalue weighted by Gasteiger charge is -2.32. The van der Waals surface area contributed by atoms with Crippen LogP contribution in [0.25, 0.3) is 11.1 Å². The lowest BCUT2D eigenvalue weighted by Crippen LogP contribution is -2.52. The topological polar surface area (TPSA) is 105 Å². The molecule has 186 valence electrons. The number of hydrogen-bond acceptors (Lipinski definition) is 4. The number of benzene rings is 2. The molecule has 35 heavy (non-hydrogen) atoms. The van der Waals surface area contributed by atoms with Gasteiger partial charge in [0.1, 0.15) is 12.6 Å². The molecule has 3 atom stereocenters. The fourth-order valence-corrected chi connectivity index (χ4v) is 5.49. The van der Waals surface area contributed by atoms with Crippen LogP contribution in [0.4, 0.5) is 4.79 Å². The number of nitrogens with one attached hydrogen (secondary N) is 2. The number of carbonyl (C=O) groups excluding carboxylic acids is 2. The number of carboxylic acid groups (broad SMARTS) is 1. The Bertz CT molecular complexity index is 1020. The highest BCUT2D eigenvalue weighted by Crippen LogP contribution is 2.44. The number of aliphatic carboxylic acids is 1. The minimum Gasteiger partial charge on any atom is -0.481 e. The van der Waals surface area contributed by atoms with E-state index < -0.39 is 18.1 Å². The largest absolute Gasteiger partial charge is 0.481 e. The molecular formula is C28H34N2O5. The second-order valence-corrected chi connectivity index (χ2v) is 9.57. The maximum Gasteiger partial charge on any atom is 0.407 e. The molecule has 3 N–H and O–H groups in total. The number of hydrogen-bond donors (Lipinski definition) is 3. The Labute approximate surface area is 206 Å². The van der Waals surface area contributed by atoms with Crippen LogP contribution >= 0.6 is 0 Å². The lowest BCUT2D eigenvalue weighted by molar-refractivity contribution is -0.139. The summed E-state index contributed by atoms with van der Waals surface area (Å²) in [6.45, 7) is 2.14. The van der Waals surface area contributed by atoms with Crippen molar-refractivity contribution in [3.05, 3.63) is 59.7 Å². The van der Waals surface area contributed by atoms with E-state index in [4.69, 9.17) is 4.74 Å². The van der Waals surface area contributed by atoms with Crippen molar-refractivity contribution in [3.63, 3.8) is 0 Å². The van der Waals surface area contributed by atoms with Crippen molar-refractivity contribution in [2.75, 3.05) is 6.61 Å². The van der Waals surface area contributed by atoms with Gasteiger partial charge >= 0.3 is 12.1 Å². The van der Waals surface area contributed by atoms with Crippen molar-refractivity contribution >= 4 is 18.0 Å². The fourth-order valence-electron chi connectivity index (χ4n) is 5.49. The second-order valence-electron chi connectivity index (χ2n) is 9.57. The number of amides is 2. The molecule has 7 nitrogen and oxygen atoms in total. The van der Waals surface area contributed by atoms with E-state index in [2.05, 4.69) is 34.9 Å². The van der Waals surface area contributed by atoms with Gasteiger partial charge in [0.25, 0.3) is 0 Å². The van der Waals surface area contributed by atoms with Crippen molar-refractivity contribution in [3.8, 4) is 11.1 Å². The summed E-state index contributed by atoms with van der Waals surface area (Å²) in [6.07, 6.45) is 4.09. The zero-order valence-corrected chi connectivity index (χ0v) is 20.2. The lowest BCUT2D eigenvalue weighted by atomic mass is 9.82. The molecular weight excluding hydrogens is 444 g/mol. The molecule has 2 aliphatic carbocycles. The Morgan fingerprint density at radius 2 is 1.63 bits per heavy atom. The number of carbonyl (C=O) groups is 3. The first-order valence-corrected chi connectivity index (χ1v) is 12.6. The third kappa shape index (κ3) is 5.84. The van der Waals surface area contributed by atoms with E-state index in [1.807, 2.05) is 31.2 Å². The predicted octanol–water partition coefficient (Wildman–Crippen LogP) is 4.84. The molecule has 2 aliphatic rings. The van der Waals surface area contributed by atoms with Gasteiger partial charge in [-0.2, -0.15) is 0 Å². The number of fused-ring (bicyclic) bond motifs is 3. The average Bonchev–Trinajstić information content (AvgIpc) is 3.17. The molecule has 1 saturated carbocycles. The second kappa shape index (κ2) is 11.4. The summed E-state index contributed by atoms with van der Waals surface area (Å²) in [4.78, 5) is 37.0. The molecule has 0 aliphatic heterocycles. The van der Waals surface area contributed by atoms with E-state index in [0.717, 1.165) is 47.9 Å². The van der Waals surface area contributed by atoms with Gasteiger partial charge in [0, 0.05) is 12.0 Å². The van der Waals surface area contributed by atoms with Gasteiger partial charge in [-0.15, -0.1) is 0 Å². The summed E-state index contributed by atoms with van der Waals surface area (Å²) in [6, 6.07) is 15.4. The van der Waals surface area contributed by atoms with Crippen LogP contribution < -0.4 is 10.6 Å². The van der Waals surface area contributed by atoms with E-state index in [9.17, 15) is 19.5 Å². The van der Waals surface area contributed by atoms with Crippen LogP contribution in [0.15, 0.2) is 48.5 Å². The quantitative estimate of drug-likeness (QED) is 0.478. The first-order chi connectivity index (χ1) is 17.0. The summed E-state index contributed by atoms with van der Waals surface area (Å²) in [5.41, 5.74) is 4.57. The minimum atomic E-state index is -0.849. The van der Waals surface area contributed by atoms with Crippen LogP contribution in [-0.2, 0) is 14.3 Å². The van der Waals surface area contributed by atoms with Gasteiger partial charge in [0.15, 0.2) is 0 Å². The van der Waals surface area contributed by atoms with E-state index in [-0.39, 0.29) is 36.8 Å². The minimum absolute atomic E-state index is 0.0448. The maximum atomic E-state index is 13.0. The molecule has 0 saturated heterocycles. The number of rotatable bonds is 9. The van der Waals surface area contributed by atoms with E-state index in [1.54, 1.807) is 0 Å². The molecule has 0 spiro atoms. The summed E-state index contributed by atoms with van der Waals surface area (Å²) in [5, 5.41) is 15.0. The number of alkyl carbamates (subject to hydrolysis) is 1. The zero-order valence-electron chi connectivity index (χ0n) is 20.2. The SMILES string of the molecule is CCC[C@@H](NC(=O)OCC1c2ccccc2-c2ccccc21)C(=O)N[C@@H]1CCCC[C@@H]1CC(=O)O. The van der Waals surface area contributed by atoms with Crippen molar-refractivity contribution in [2.24, 2.45) is 5.92 Å². The summed E-state index contributed by atoms with van der Waals surface area (Å²) >= 11 is 0. The maximum absolute atomic E-state index is 13.0. The van der Waals surface area contributed by atoms with Gasteiger partial charge in [0.05, 0.1) is 6.42 Å². The monoisotopic (exact) mass is 478 g/mol. The zero-order chi connectivity index (χ0) is 24.8. The molecule has 7 heteroatoms. The molecule has 4 rings (SSSR count). The van der Waals surface area contributed by atoms with Gasteiger partial charge < -0.3 is 20.5 Å². The van der Waals surface area contributed by atoms with E-state index in [0.29, 0.717) is 12.8 Å². The standard InChI is InChI=1S/C28H34N2O5/c1-2-9-25(27(33)29-24-15-8-3-10-18(24)16-26(31)32)30-28(34)35-17-23-21-13-6-4-11-19(21)20-12-5-7-14-22(20)23/h4-7,11-14,18,23-25H,2-3,8-10,15-17H2,1H3,(H,29,33)(H,30,34)(H,31,32)/t18-,24-,25-/m1/s1. The Morgan fingerprint density at radius 1 is 1.00 bits per heavy atom. The van der Waals surface area contributed by atoms with E-state index >= 15 is 0 Å².